The summed E-state index contributed by atoms with van der Waals surface area (Å²) in [5, 5.41) is 12.8. The van der Waals surface area contributed by atoms with Crippen LogP contribution < -0.4 is 5.32 Å². The second-order valence-corrected chi connectivity index (χ2v) is 4.76. The van der Waals surface area contributed by atoms with Crippen LogP contribution in [0.5, 0.6) is 0 Å². The fourth-order valence-corrected chi connectivity index (χ4v) is 1.79. The van der Waals surface area contributed by atoms with E-state index in [1.165, 1.54) is 26.2 Å². The van der Waals surface area contributed by atoms with Crippen molar-refractivity contribution in [2.24, 2.45) is 0 Å². The van der Waals surface area contributed by atoms with Gasteiger partial charge in [0.2, 0.25) is 0 Å². The number of nitrogens with one attached hydrogen (secondary N) is 1. The first-order chi connectivity index (χ1) is 8.86. The Kier molecular flexibility index (Phi) is 5.44. The van der Waals surface area contributed by atoms with E-state index in [1.54, 1.807) is 6.07 Å². The zero-order valence-corrected chi connectivity index (χ0v) is 11.5. The number of aryl methyl sites for hydroxylation is 1. The van der Waals surface area contributed by atoms with Gasteiger partial charge in [0.15, 0.2) is 5.60 Å². The molecule has 0 radical (unpaired) electrons. The lowest BCUT2D eigenvalue weighted by Gasteiger charge is -2.20. The summed E-state index contributed by atoms with van der Waals surface area (Å²) in [6, 6.07) is 4.65. The van der Waals surface area contributed by atoms with Gasteiger partial charge in [0.1, 0.15) is 5.82 Å². The third-order valence-corrected chi connectivity index (χ3v) is 2.97. The van der Waals surface area contributed by atoms with Gasteiger partial charge in [-0.25, -0.2) is 9.18 Å². The van der Waals surface area contributed by atoms with Gasteiger partial charge in [-0.2, -0.15) is 0 Å². The Labute approximate surface area is 112 Å². The van der Waals surface area contributed by atoms with Crippen molar-refractivity contribution in [3.8, 4) is 0 Å². The van der Waals surface area contributed by atoms with Crippen LogP contribution >= 0.6 is 0 Å². The van der Waals surface area contributed by atoms with Gasteiger partial charge in [0.05, 0.1) is 7.11 Å². The number of hydrogen-bond acceptors (Lipinski definition) is 4. The summed E-state index contributed by atoms with van der Waals surface area (Å²) in [6.07, 6.45) is 0.698. The number of esters is 1. The maximum atomic E-state index is 12.9. The standard InChI is InChI=1S/C14H20FNO3/c1-10-8-12(15)5-4-11(10)6-7-16-9-14(2,18)13(17)19-3/h4-5,8,16,18H,6-7,9H2,1-3H3. The highest BCUT2D eigenvalue weighted by atomic mass is 19.1. The molecule has 0 amide bonds. The topological polar surface area (TPSA) is 58.6 Å². The van der Waals surface area contributed by atoms with Gasteiger partial charge in [0, 0.05) is 6.54 Å². The molecule has 1 aromatic rings. The van der Waals surface area contributed by atoms with E-state index in [0.29, 0.717) is 13.0 Å². The summed E-state index contributed by atoms with van der Waals surface area (Å²) < 4.78 is 17.4. The SMILES string of the molecule is COC(=O)C(C)(O)CNCCc1ccc(F)cc1C. The molecular weight excluding hydrogens is 249 g/mol. The number of carbonyl (C=O) groups is 1. The van der Waals surface area contributed by atoms with Crippen molar-refractivity contribution in [2.45, 2.75) is 25.9 Å². The zero-order chi connectivity index (χ0) is 14.5. The molecule has 0 spiro atoms. The van der Waals surface area contributed by atoms with Crippen LogP contribution in [0, 0.1) is 12.7 Å². The molecule has 0 aliphatic heterocycles. The van der Waals surface area contributed by atoms with Gasteiger partial charge in [0.25, 0.3) is 0 Å². The van der Waals surface area contributed by atoms with Crippen molar-refractivity contribution >= 4 is 5.97 Å². The van der Waals surface area contributed by atoms with Gasteiger partial charge in [-0.05, 0) is 50.1 Å². The minimum Gasteiger partial charge on any atom is -0.467 e. The Balaban J connectivity index is 2.41. The highest BCUT2D eigenvalue weighted by molar-refractivity contribution is 5.78. The summed E-state index contributed by atoms with van der Waals surface area (Å²) in [7, 11) is 1.23. The third-order valence-electron chi connectivity index (χ3n) is 2.97. The predicted molar refractivity (Wildman–Crippen MR) is 70.4 cm³/mol. The number of methoxy groups -OCH3 is 1. The van der Waals surface area contributed by atoms with E-state index in [0.717, 1.165) is 11.1 Å². The number of halogens is 1. The second kappa shape index (κ2) is 6.63. The normalized spacial score (nSPS) is 13.9. The largest absolute Gasteiger partial charge is 0.467 e. The van der Waals surface area contributed by atoms with Crippen LogP contribution in [0.15, 0.2) is 18.2 Å². The quantitative estimate of drug-likeness (QED) is 0.601. The number of rotatable bonds is 6. The van der Waals surface area contributed by atoms with Crippen LogP contribution in [0.4, 0.5) is 4.39 Å². The van der Waals surface area contributed by atoms with Crippen LogP contribution in [0.3, 0.4) is 0 Å². The lowest BCUT2D eigenvalue weighted by molar-refractivity contribution is -0.159. The smallest absolute Gasteiger partial charge is 0.338 e. The molecule has 0 fully saturated rings. The van der Waals surface area contributed by atoms with Gasteiger partial charge in [-0.1, -0.05) is 6.07 Å². The van der Waals surface area contributed by atoms with Crippen LogP contribution in [0.1, 0.15) is 18.1 Å². The first-order valence-electron chi connectivity index (χ1n) is 6.13. The lowest BCUT2D eigenvalue weighted by Crippen LogP contribution is -2.46. The minimum absolute atomic E-state index is 0.111. The molecule has 1 rings (SSSR count). The molecule has 19 heavy (non-hydrogen) atoms. The summed E-state index contributed by atoms with van der Waals surface area (Å²) in [5.41, 5.74) is 0.389. The van der Waals surface area contributed by atoms with Crippen molar-refractivity contribution in [2.75, 3.05) is 20.2 Å². The van der Waals surface area contributed by atoms with Gasteiger partial charge < -0.3 is 15.2 Å². The van der Waals surface area contributed by atoms with E-state index in [1.807, 2.05) is 6.92 Å². The Morgan fingerprint density at radius 3 is 2.79 bits per heavy atom. The van der Waals surface area contributed by atoms with Gasteiger partial charge in [-0.3, -0.25) is 0 Å². The van der Waals surface area contributed by atoms with E-state index in [9.17, 15) is 14.3 Å². The Hall–Kier alpha value is -1.46. The summed E-state index contributed by atoms with van der Waals surface area (Å²) in [6.45, 7) is 3.94. The average molecular weight is 269 g/mol. The predicted octanol–water partition coefficient (Wildman–Crippen LogP) is 1.19. The molecule has 0 bridgehead atoms. The summed E-state index contributed by atoms with van der Waals surface area (Å²) >= 11 is 0. The molecule has 1 aromatic carbocycles. The first-order valence-corrected chi connectivity index (χ1v) is 6.13. The fourth-order valence-electron chi connectivity index (χ4n) is 1.79. The van der Waals surface area contributed by atoms with Crippen LogP contribution in [0.25, 0.3) is 0 Å². The molecule has 2 N–H and O–H groups in total. The number of benzene rings is 1. The van der Waals surface area contributed by atoms with Crippen LogP contribution in [-0.2, 0) is 16.0 Å². The second-order valence-electron chi connectivity index (χ2n) is 4.76. The Bertz CT molecular complexity index is 446. The van der Waals surface area contributed by atoms with E-state index in [2.05, 4.69) is 10.1 Å². The molecule has 5 heteroatoms. The van der Waals surface area contributed by atoms with Crippen molar-refractivity contribution in [3.63, 3.8) is 0 Å². The van der Waals surface area contributed by atoms with Crippen molar-refractivity contribution in [1.29, 1.82) is 0 Å². The highest BCUT2D eigenvalue weighted by Crippen LogP contribution is 2.10. The molecule has 106 valence electrons. The van der Waals surface area contributed by atoms with Crippen LogP contribution in [-0.4, -0.2) is 36.9 Å². The third kappa shape index (κ3) is 4.61. The highest BCUT2D eigenvalue weighted by Gasteiger charge is 2.30. The molecule has 0 saturated heterocycles. The van der Waals surface area contributed by atoms with E-state index >= 15 is 0 Å². The Morgan fingerprint density at radius 2 is 2.21 bits per heavy atom. The number of aliphatic hydroxyl groups is 1. The van der Waals surface area contributed by atoms with E-state index in [4.69, 9.17) is 0 Å². The zero-order valence-electron chi connectivity index (χ0n) is 11.5. The maximum Gasteiger partial charge on any atom is 0.338 e. The van der Waals surface area contributed by atoms with Crippen molar-refractivity contribution in [3.05, 3.63) is 35.1 Å². The average Bonchev–Trinajstić information content (AvgIpc) is 2.35. The van der Waals surface area contributed by atoms with Crippen molar-refractivity contribution in [1.82, 2.24) is 5.32 Å². The number of carbonyl (C=O) groups excluding carboxylic acids is 1. The van der Waals surface area contributed by atoms with E-state index in [-0.39, 0.29) is 12.4 Å². The maximum absolute atomic E-state index is 12.9. The molecule has 0 saturated carbocycles. The number of hydrogen-bond donors (Lipinski definition) is 2. The number of ether oxygens (including phenoxy) is 1. The fraction of sp³-hybridized carbons (Fsp3) is 0.500. The van der Waals surface area contributed by atoms with Gasteiger partial charge in [-0.15, -0.1) is 0 Å². The molecule has 1 atom stereocenters. The van der Waals surface area contributed by atoms with E-state index < -0.39 is 11.6 Å². The molecule has 0 heterocycles. The van der Waals surface area contributed by atoms with Crippen LogP contribution in [0.2, 0.25) is 0 Å². The molecular formula is C14H20FNO3. The van der Waals surface area contributed by atoms with Gasteiger partial charge >= 0.3 is 5.97 Å². The lowest BCUT2D eigenvalue weighted by atomic mass is 10.0. The minimum atomic E-state index is -1.54. The molecule has 0 aliphatic carbocycles. The molecule has 0 aromatic heterocycles. The molecule has 4 nitrogen and oxygen atoms in total. The summed E-state index contributed by atoms with van der Waals surface area (Å²) in [5.74, 6) is -0.916. The molecule has 0 aliphatic rings. The first kappa shape index (κ1) is 15.6. The Morgan fingerprint density at radius 1 is 1.53 bits per heavy atom. The van der Waals surface area contributed by atoms with Crippen molar-refractivity contribution < 1.29 is 19.0 Å². The summed E-state index contributed by atoms with van der Waals surface area (Å²) in [4.78, 5) is 11.2. The molecule has 1 unspecified atom stereocenters. The monoisotopic (exact) mass is 269 g/mol.